The molecule has 4 rings (SSSR count). The first-order chi connectivity index (χ1) is 15.1. The molecular formula is C22H21N5O4. The number of pyridine rings is 1. The Kier molecular flexibility index (Phi) is 5.42. The van der Waals surface area contributed by atoms with Gasteiger partial charge in [0.1, 0.15) is 5.69 Å². The van der Waals surface area contributed by atoms with Crippen LogP contribution in [0, 0.1) is 0 Å². The van der Waals surface area contributed by atoms with E-state index in [2.05, 4.69) is 10.4 Å². The fourth-order valence-electron chi connectivity index (χ4n) is 3.40. The lowest BCUT2D eigenvalue weighted by Crippen LogP contribution is -2.29. The minimum absolute atomic E-state index is 0.367. The van der Waals surface area contributed by atoms with Gasteiger partial charge in [0, 0.05) is 22.7 Å². The summed E-state index contributed by atoms with van der Waals surface area (Å²) in [6.45, 7) is 0. The van der Waals surface area contributed by atoms with Gasteiger partial charge in [-0.2, -0.15) is 5.10 Å². The zero-order valence-electron chi connectivity index (χ0n) is 17.2. The topological polar surface area (TPSA) is 114 Å². The Morgan fingerprint density at radius 1 is 1.00 bits per heavy atom. The van der Waals surface area contributed by atoms with E-state index >= 15 is 0 Å². The molecule has 31 heavy (non-hydrogen) atoms. The van der Waals surface area contributed by atoms with Crippen LogP contribution in [0.5, 0.6) is 17.2 Å². The van der Waals surface area contributed by atoms with Crippen molar-refractivity contribution in [2.45, 2.75) is 0 Å². The summed E-state index contributed by atoms with van der Waals surface area (Å²) >= 11 is 0. The molecule has 0 atom stereocenters. The molecule has 2 heterocycles. The number of rotatable bonds is 6. The van der Waals surface area contributed by atoms with Crippen molar-refractivity contribution < 1.29 is 19.0 Å². The van der Waals surface area contributed by atoms with E-state index in [0.717, 1.165) is 16.6 Å². The Morgan fingerprint density at radius 3 is 2.26 bits per heavy atom. The van der Waals surface area contributed by atoms with Crippen LogP contribution in [-0.4, -0.2) is 42.0 Å². The number of ether oxygens (including phenoxy) is 3. The number of methoxy groups -OCH3 is 3. The molecule has 9 heteroatoms. The number of nitrogen functional groups attached to an aromatic ring is 1. The molecule has 2 aromatic carbocycles. The molecule has 0 unspecified atom stereocenters. The molecular weight excluding hydrogens is 398 g/mol. The monoisotopic (exact) mass is 419 g/mol. The molecule has 4 aromatic rings. The van der Waals surface area contributed by atoms with E-state index in [1.165, 1.54) is 0 Å². The number of hydrazine groups is 1. The molecule has 0 aliphatic rings. The lowest BCUT2D eigenvalue weighted by atomic mass is 10.1. The third-order valence-corrected chi connectivity index (χ3v) is 4.89. The summed E-state index contributed by atoms with van der Waals surface area (Å²) in [5.74, 6) is 6.40. The van der Waals surface area contributed by atoms with Crippen molar-refractivity contribution in [2.24, 2.45) is 5.84 Å². The number of hydrogen-bond donors (Lipinski definition) is 2. The van der Waals surface area contributed by atoms with Crippen LogP contribution in [-0.2, 0) is 0 Å². The van der Waals surface area contributed by atoms with Crippen LogP contribution in [0.2, 0.25) is 0 Å². The highest BCUT2D eigenvalue weighted by Crippen LogP contribution is 2.42. The van der Waals surface area contributed by atoms with Crippen molar-refractivity contribution in [3.63, 3.8) is 0 Å². The molecule has 0 saturated heterocycles. The van der Waals surface area contributed by atoms with Crippen molar-refractivity contribution in [1.82, 2.24) is 20.2 Å². The van der Waals surface area contributed by atoms with Gasteiger partial charge >= 0.3 is 0 Å². The molecule has 0 saturated carbocycles. The maximum atomic E-state index is 11.7. The van der Waals surface area contributed by atoms with E-state index in [-0.39, 0.29) is 5.91 Å². The summed E-state index contributed by atoms with van der Waals surface area (Å²) in [5, 5.41) is 5.66. The minimum atomic E-state index is -0.367. The van der Waals surface area contributed by atoms with Crippen molar-refractivity contribution in [1.29, 1.82) is 0 Å². The summed E-state index contributed by atoms with van der Waals surface area (Å²) in [6, 6.07) is 14.4. The maximum absolute atomic E-state index is 11.7. The van der Waals surface area contributed by atoms with Crippen LogP contribution in [0.1, 0.15) is 10.4 Å². The van der Waals surface area contributed by atoms with Gasteiger partial charge in [0.2, 0.25) is 5.75 Å². The van der Waals surface area contributed by atoms with E-state index in [1.54, 1.807) is 56.5 Å². The number of nitrogens with two attached hydrogens (primary N) is 1. The van der Waals surface area contributed by atoms with Crippen LogP contribution in [0.3, 0.4) is 0 Å². The molecule has 2 aromatic heterocycles. The number of hydrogen-bond acceptors (Lipinski definition) is 7. The summed E-state index contributed by atoms with van der Waals surface area (Å²) < 4.78 is 18.1. The molecule has 0 spiro atoms. The quantitative estimate of drug-likeness (QED) is 0.281. The van der Waals surface area contributed by atoms with E-state index in [4.69, 9.17) is 25.2 Å². The van der Waals surface area contributed by atoms with Crippen LogP contribution >= 0.6 is 0 Å². The number of amides is 1. The largest absolute Gasteiger partial charge is 0.493 e. The highest BCUT2D eigenvalue weighted by Gasteiger charge is 2.19. The van der Waals surface area contributed by atoms with Gasteiger partial charge < -0.3 is 14.2 Å². The Balaban J connectivity index is 1.89. The minimum Gasteiger partial charge on any atom is -0.493 e. The third kappa shape index (κ3) is 3.51. The first-order valence-corrected chi connectivity index (χ1v) is 9.36. The molecule has 0 bridgehead atoms. The van der Waals surface area contributed by atoms with Gasteiger partial charge in [-0.15, -0.1) is 0 Å². The van der Waals surface area contributed by atoms with E-state index in [1.807, 2.05) is 24.3 Å². The lowest BCUT2D eigenvalue weighted by Gasteiger charge is -2.13. The molecule has 0 fully saturated rings. The highest BCUT2D eigenvalue weighted by molar-refractivity contribution is 5.95. The third-order valence-electron chi connectivity index (χ3n) is 4.89. The van der Waals surface area contributed by atoms with Gasteiger partial charge in [-0.25, -0.2) is 15.5 Å². The van der Waals surface area contributed by atoms with E-state index in [9.17, 15) is 4.79 Å². The molecule has 0 aliphatic heterocycles. The van der Waals surface area contributed by atoms with Crippen LogP contribution in [0.25, 0.3) is 28.0 Å². The first-order valence-electron chi connectivity index (χ1n) is 9.36. The van der Waals surface area contributed by atoms with Gasteiger partial charge in [-0.3, -0.25) is 10.2 Å². The second-order valence-corrected chi connectivity index (χ2v) is 6.57. The Hall–Kier alpha value is -4.11. The first kappa shape index (κ1) is 20.2. The SMILES string of the molecule is COc1cc(-c2nn(-c3ccc(C(=O)NN)cc3)c3ncccc23)cc(OC)c1OC. The normalized spacial score (nSPS) is 10.7. The Bertz CT molecular complexity index is 1230. The molecule has 158 valence electrons. The highest BCUT2D eigenvalue weighted by atomic mass is 16.5. The van der Waals surface area contributed by atoms with Crippen LogP contribution in [0.4, 0.5) is 0 Å². The number of aromatic nitrogens is 3. The van der Waals surface area contributed by atoms with Crippen molar-refractivity contribution in [3.8, 4) is 34.2 Å². The zero-order chi connectivity index (χ0) is 22.0. The van der Waals surface area contributed by atoms with Gasteiger partial charge in [0.15, 0.2) is 17.1 Å². The lowest BCUT2D eigenvalue weighted by molar-refractivity contribution is 0.0953. The Labute approximate surface area is 178 Å². The van der Waals surface area contributed by atoms with Crippen LogP contribution in [0.15, 0.2) is 54.7 Å². The number of fused-ring (bicyclic) bond motifs is 1. The molecule has 9 nitrogen and oxygen atoms in total. The van der Waals surface area contributed by atoms with Gasteiger partial charge in [0.05, 0.1) is 27.0 Å². The summed E-state index contributed by atoms with van der Waals surface area (Å²) in [7, 11) is 4.69. The number of carbonyl (C=O) groups is 1. The second kappa shape index (κ2) is 8.33. The molecule has 1 amide bonds. The average molecular weight is 419 g/mol. The fourth-order valence-corrected chi connectivity index (χ4v) is 3.40. The number of nitrogens with zero attached hydrogens (tertiary/aromatic N) is 3. The smallest absolute Gasteiger partial charge is 0.265 e. The molecule has 0 radical (unpaired) electrons. The van der Waals surface area contributed by atoms with Crippen molar-refractivity contribution in [2.75, 3.05) is 21.3 Å². The Morgan fingerprint density at radius 2 is 1.68 bits per heavy atom. The standard InChI is InChI=1S/C22H21N5O4/c1-29-17-11-14(12-18(30-2)20(17)31-3)19-16-5-4-10-24-21(16)27(26-19)15-8-6-13(7-9-15)22(28)25-23/h4-12H,23H2,1-3H3,(H,25,28). The van der Waals surface area contributed by atoms with Gasteiger partial charge in [0.25, 0.3) is 5.91 Å². The summed E-state index contributed by atoms with van der Waals surface area (Å²) in [5.41, 5.74) is 5.46. The van der Waals surface area contributed by atoms with Gasteiger partial charge in [-0.1, -0.05) is 0 Å². The summed E-state index contributed by atoms with van der Waals surface area (Å²) in [4.78, 5) is 16.2. The molecule has 0 aliphatic carbocycles. The number of benzene rings is 2. The fraction of sp³-hybridized carbons (Fsp3) is 0.136. The molecule has 3 N–H and O–H groups in total. The van der Waals surface area contributed by atoms with E-state index < -0.39 is 0 Å². The predicted octanol–water partition coefficient (Wildman–Crippen LogP) is 2.72. The van der Waals surface area contributed by atoms with Crippen molar-refractivity contribution >= 4 is 16.9 Å². The number of carbonyl (C=O) groups excluding carboxylic acids is 1. The van der Waals surface area contributed by atoms with E-state index in [0.29, 0.717) is 34.2 Å². The average Bonchev–Trinajstić information content (AvgIpc) is 3.22. The number of nitrogens with one attached hydrogen (secondary N) is 1. The zero-order valence-corrected chi connectivity index (χ0v) is 17.2. The van der Waals surface area contributed by atoms with Gasteiger partial charge in [-0.05, 0) is 48.5 Å². The summed E-state index contributed by atoms with van der Waals surface area (Å²) in [6.07, 6.45) is 1.70. The maximum Gasteiger partial charge on any atom is 0.265 e. The van der Waals surface area contributed by atoms with Crippen LogP contribution < -0.4 is 25.5 Å². The second-order valence-electron chi connectivity index (χ2n) is 6.57. The van der Waals surface area contributed by atoms with Crippen molar-refractivity contribution in [3.05, 3.63) is 60.3 Å². The predicted molar refractivity (Wildman–Crippen MR) is 116 cm³/mol.